The summed E-state index contributed by atoms with van der Waals surface area (Å²) in [5.41, 5.74) is 3.43. The Morgan fingerprint density at radius 3 is 2.14 bits per heavy atom. The molecule has 0 aliphatic carbocycles. The van der Waals surface area contributed by atoms with Crippen molar-refractivity contribution in [3.63, 3.8) is 0 Å². The van der Waals surface area contributed by atoms with Crippen LogP contribution in [-0.2, 0) is 10.3 Å². The number of alkyl halides is 3. The predicted molar refractivity (Wildman–Crippen MR) is 102 cm³/mol. The highest BCUT2D eigenvalue weighted by atomic mass is 35.5. The first-order valence-corrected chi connectivity index (χ1v) is 9.17. The van der Waals surface area contributed by atoms with E-state index in [0.717, 1.165) is 22.6 Å². The van der Waals surface area contributed by atoms with Crippen LogP contribution in [0.5, 0.6) is 0 Å². The molecular weight excluding hydrogens is 440 g/mol. The van der Waals surface area contributed by atoms with Gasteiger partial charge in [-0.05, 0) is 36.8 Å². The van der Waals surface area contributed by atoms with E-state index in [4.69, 9.17) is 45.3 Å². The standard InChI is InChI=1S/C18H14Cl3F3N2O2/c1-9(25)10-2-4-12(5-3-10)26-8-17(18(22,23)24,28-16(26)27)11-6-13(19)15(21)14(20)7-11/h2-7,9H,8,25H2,1H3. The number of rotatable bonds is 3. The second-order valence-corrected chi connectivity index (χ2v) is 7.61. The van der Waals surface area contributed by atoms with Gasteiger partial charge in [0, 0.05) is 17.3 Å². The van der Waals surface area contributed by atoms with Crippen molar-refractivity contribution in [1.29, 1.82) is 0 Å². The molecule has 1 aliphatic rings. The lowest BCUT2D eigenvalue weighted by molar-refractivity contribution is -0.250. The number of hydrogen-bond donors (Lipinski definition) is 1. The molecule has 1 heterocycles. The van der Waals surface area contributed by atoms with Gasteiger partial charge in [0.2, 0.25) is 0 Å². The molecule has 0 aromatic heterocycles. The maximum Gasteiger partial charge on any atom is 0.434 e. The third-order valence-corrected chi connectivity index (χ3v) is 5.70. The number of carbonyl (C=O) groups excluding carboxylic acids is 1. The van der Waals surface area contributed by atoms with Gasteiger partial charge in [-0.25, -0.2) is 4.79 Å². The van der Waals surface area contributed by atoms with Crippen molar-refractivity contribution < 1.29 is 22.7 Å². The van der Waals surface area contributed by atoms with E-state index in [1.54, 1.807) is 19.1 Å². The Morgan fingerprint density at radius 2 is 1.68 bits per heavy atom. The first kappa shape index (κ1) is 21.0. The summed E-state index contributed by atoms with van der Waals surface area (Å²) in [7, 11) is 0. The Hall–Kier alpha value is -1.67. The van der Waals surface area contributed by atoms with Gasteiger partial charge in [0.05, 0.1) is 21.6 Å². The van der Waals surface area contributed by atoms with E-state index in [2.05, 4.69) is 0 Å². The van der Waals surface area contributed by atoms with Crippen LogP contribution in [0.15, 0.2) is 36.4 Å². The molecule has 0 spiro atoms. The van der Waals surface area contributed by atoms with Crippen LogP contribution in [0.3, 0.4) is 0 Å². The molecule has 2 N–H and O–H groups in total. The molecule has 1 fully saturated rings. The average molecular weight is 454 g/mol. The van der Waals surface area contributed by atoms with Gasteiger partial charge in [0.1, 0.15) is 0 Å². The zero-order valence-electron chi connectivity index (χ0n) is 14.4. The fraction of sp³-hybridized carbons (Fsp3) is 0.278. The number of halogens is 6. The molecule has 28 heavy (non-hydrogen) atoms. The third-order valence-electron chi connectivity index (χ3n) is 4.50. The van der Waals surface area contributed by atoms with E-state index >= 15 is 0 Å². The van der Waals surface area contributed by atoms with E-state index in [9.17, 15) is 18.0 Å². The van der Waals surface area contributed by atoms with Gasteiger partial charge < -0.3 is 10.5 Å². The number of nitrogens with zero attached hydrogens (tertiary/aromatic N) is 1. The summed E-state index contributed by atoms with van der Waals surface area (Å²) in [5.74, 6) is 0. The van der Waals surface area contributed by atoms with Gasteiger partial charge in [-0.15, -0.1) is 0 Å². The molecule has 150 valence electrons. The molecule has 3 rings (SSSR count). The number of ether oxygens (including phenoxy) is 1. The number of benzene rings is 2. The highest BCUT2D eigenvalue weighted by Crippen LogP contribution is 2.49. The molecule has 1 aliphatic heterocycles. The molecule has 4 nitrogen and oxygen atoms in total. The van der Waals surface area contributed by atoms with Gasteiger partial charge in [-0.1, -0.05) is 46.9 Å². The van der Waals surface area contributed by atoms with Crippen molar-refractivity contribution in [2.24, 2.45) is 5.73 Å². The van der Waals surface area contributed by atoms with Gasteiger partial charge in [-0.3, -0.25) is 4.90 Å². The minimum absolute atomic E-state index is 0.0860. The fourth-order valence-electron chi connectivity index (χ4n) is 2.93. The van der Waals surface area contributed by atoms with Crippen molar-refractivity contribution in [2.45, 2.75) is 24.7 Å². The predicted octanol–water partition coefficient (Wildman–Crippen LogP) is 6.08. The molecule has 10 heteroatoms. The van der Waals surface area contributed by atoms with E-state index in [1.165, 1.54) is 12.1 Å². The highest BCUT2D eigenvalue weighted by Gasteiger charge is 2.65. The highest BCUT2D eigenvalue weighted by molar-refractivity contribution is 6.48. The van der Waals surface area contributed by atoms with Gasteiger partial charge in [-0.2, -0.15) is 13.2 Å². The molecular formula is C18H14Cl3F3N2O2. The van der Waals surface area contributed by atoms with Crippen LogP contribution < -0.4 is 10.6 Å². The third kappa shape index (κ3) is 3.52. The minimum atomic E-state index is -4.93. The van der Waals surface area contributed by atoms with E-state index < -0.39 is 30.0 Å². The number of anilines is 1. The van der Waals surface area contributed by atoms with Crippen LogP contribution in [0.1, 0.15) is 24.1 Å². The van der Waals surface area contributed by atoms with E-state index in [1.807, 2.05) is 0 Å². The Labute approximate surface area is 173 Å². The molecule has 2 aromatic rings. The van der Waals surface area contributed by atoms with Crippen molar-refractivity contribution in [3.05, 3.63) is 62.6 Å². The van der Waals surface area contributed by atoms with Gasteiger partial charge in [0.15, 0.2) is 0 Å². The molecule has 2 aromatic carbocycles. The summed E-state index contributed by atoms with van der Waals surface area (Å²) in [6.07, 6.45) is -6.07. The molecule has 1 amide bonds. The summed E-state index contributed by atoms with van der Waals surface area (Å²) in [6, 6.07) is 8.03. The summed E-state index contributed by atoms with van der Waals surface area (Å²) < 4.78 is 47.0. The molecule has 1 saturated heterocycles. The maximum absolute atomic E-state index is 14.1. The van der Waals surface area contributed by atoms with Crippen LogP contribution in [0, 0.1) is 0 Å². The minimum Gasteiger partial charge on any atom is -0.426 e. The summed E-state index contributed by atoms with van der Waals surface area (Å²) in [5, 5.41) is -0.441. The second-order valence-electron chi connectivity index (χ2n) is 6.41. The Kier molecular flexibility index (Phi) is 5.49. The summed E-state index contributed by atoms with van der Waals surface area (Å²) in [6.45, 7) is 0.961. The van der Waals surface area contributed by atoms with E-state index in [-0.39, 0.29) is 26.8 Å². The van der Waals surface area contributed by atoms with Crippen molar-refractivity contribution >= 4 is 46.6 Å². The lowest BCUT2D eigenvalue weighted by Gasteiger charge is -2.30. The van der Waals surface area contributed by atoms with Crippen LogP contribution in [0.4, 0.5) is 23.7 Å². The first-order valence-electron chi connectivity index (χ1n) is 8.04. The molecule has 2 unspecified atom stereocenters. The number of nitrogens with two attached hydrogens (primary N) is 1. The zero-order valence-corrected chi connectivity index (χ0v) is 16.6. The molecule has 0 bridgehead atoms. The number of carbonyl (C=O) groups is 1. The number of cyclic esters (lactones) is 1. The second kappa shape index (κ2) is 7.30. The fourth-order valence-corrected chi connectivity index (χ4v) is 3.52. The number of amides is 1. The van der Waals surface area contributed by atoms with Gasteiger partial charge >= 0.3 is 12.3 Å². The van der Waals surface area contributed by atoms with Crippen molar-refractivity contribution in [2.75, 3.05) is 11.4 Å². The Bertz CT molecular complexity index is 896. The van der Waals surface area contributed by atoms with Crippen LogP contribution in [0.2, 0.25) is 15.1 Å². The largest absolute Gasteiger partial charge is 0.434 e. The Balaban J connectivity index is 2.06. The molecule has 0 saturated carbocycles. The smallest absolute Gasteiger partial charge is 0.426 e. The summed E-state index contributed by atoms with van der Waals surface area (Å²) >= 11 is 17.6. The van der Waals surface area contributed by atoms with Crippen LogP contribution in [-0.4, -0.2) is 18.8 Å². The van der Waals surface area contributed by atoms with E-state index in [0.29, 0.717) is 0 Å². The van der Waals surface area contributed by atoms with Gasteiger partial charge in [0.25, 0.3) is 5.60 Å². The Morgan fingerprint density at radius 1 is 1.14 bits per heavy atom. The zero-order chi connectivity index (χ0) is 20.9. The normalized spacial score (nSPS) is 21.0. The monoisotopic (exact) mass is 452 g/mol. The van der Waals surface area contributed by atoms with Crippen molar-refractivity contribution in [3.8, 4) is 0 Å². The SMILES string of the molecule is CC(N)c1ccc(N2CC(c3cc(Cl)c(Cl)c(Cl)c3)(C(F)(F)F)OC2=O)cc1. The topological polar surface area (TPSA) is 55.6 Å². The van der Waals surface area contributed by atoms with Crippen molar-refractivity contribution in [1.82, 2.24) is 0 Å². The first-order chi connectivity index (χ1) is 13.0. The summed E-state index contributed by atoms with van der Waals surface area (Å²) in [4.78, 5) is 13.3. The molecule has 2 atom stereocenters. The van der Waals surface area contributed by atoms with Crippen LogP contribution >= 0.6 is 34.8 Å². The maximum atomic E-state index is 14.1. The average Bonchev–Trinajstić information content (AvgIpc) is 2.98. The lowest BCUT2D eigenvalue weighted by atomic mass is 9.92. The lowest BCUT2D eigenvalue weighted by Crippen LogP contribution is -2.46. The quantitative estimate of drug-likeness (QED) is 0.573. The number of hydrogen-bond acceptors (Lipinski definition) is 3. The molecule has 0 radical (unpaired) electrons. The van der Waals surface area contributed by atoms with Crippen LogP contribution in [0.25, 0.3) is 0 Å².